The van der Waals surface area contributed by atoms with Crippen molar-refractivity contribution in [3.63, 3.8) is 0 Å². The van der Waals surface area contributed by atoms with Gasteiger partial charge in [-0.1, -0.05) is 36.4 Å². The van der Waals surface area contributed by atoms with Crippen molar-refractivity contribution in [1.82, 2.24) is 10.3 Å². The fraction of sp³-hybridized carbons (Fsp3) is 0.105. The second-order valence-corrected chi connectivity index (χ2v) is 6.43. The van der Waals surface area contributed by atoms with Crippen LogP contribution in [0.5, 0.6) is 0 Å². The first-order valence-corrected chi connectivity index (χ1v) is 8.75. The van der Waals surface area contributed by atoms with Crippen LogP contribution >= 0.6 is 11.8 Å². The normalized spacial score (nSPS) is 17.1. The molecule has 1 aliphatic heterocycles. The van der Waals surface area contributed by atoms with E-state index in [1.165, 1.54) is 22.9 Å². The summed E-state index contributed by atoms with van der Waals surface area (Å²) in [5.41, 5.74) is 3.40. The van der Waals surface area contributed by atoms with Crippen molar-refractivity contribution in [3.05, 3.63) is 77.6 Å². The Morgan fingerprint density at radius 3 is 2.77 bits per heavy atom. The van der Waals surface area contributed by atoms with Crippen LogP contribution in [-0.4, -0.2) is 28.4 Å². The van der Waals surface area contributed by atoms with Gasteiger partial charge in [0.2, 0.25) is 5.91 Å². The van der Waals surface area contributed by atoms with Crippen LogP contribution in [0.2, 0.25) is 0 Å². The molecule has 1 fully saturated rings. The molecule has 0 saturated carbocycles. The number of carbonyl (C=O) groups is 2. The molecule has 2 heterocycles. The second kappa shape index (κ2) is 8.35. The number of thioether (sulfide) groups is 1. The van der Waals surface area contributed by atoms with Gasteiger partial charge in [-0.05, 0) is 29.5 Å². The highest BCUT2D eigenvalue weighted by Crippen LogP contribution is 2.32. The van der Waals surface area contributed by atoms with Crippen molar-refractivity contribution < 1.29 is 14.0 Å². The maximum atomic E-state index is 12.5. The van der Waals surface area contributed by atoms with E-state index in [-0.39, 0.29) is 18.2 Å². The summed E-state index contributed by atoms with van der Waals surface area (Å²) in [6, 6.07) is 12.9. The summed E-state index contributed by atoms with van der Waals surface area (Å²) in [6.45, 7) is 3.96. The van der Waals surface area contributed by atoms with E-state index in [0.29, 0.717) is 22.4 Å². The molecule has 2 aromatic rings. The Morgan fingerprint density at radius 2 is 2.08 bits per heavy atom. The van der Waals surface area contributed by atoms with Crippen LogP contribution in [-0.2, 0) is 16.0 Å². The summed E-state index contributed by atoms with van der Waals surface area (Å²) >= 11 is 1.18. The van der Waals surface area contributed by atoms with Crippen LogP contribution in [0.4, 0.5) is 0 Å². The molecule has 0 bridgehead atoms. The Hall–Kier alpha value is -3.06. The van der Waals surface area contributed by atoms with E-state index in [1.807, 2.05) is 30.3 Å². The molecular formula is C19H17N3O3S. The molecule has 26 heavy (non-hydrogen) atoms. The molecule has 132 valence electrons. The molecule has 1 aliphatic rings. The van der Waals surface area contributed by atoms with Gasteiger partial charge >= 0.3 is 0 Å². The Kier molecular flexibility index (Phi) is 5.70. The van der Waals surface area contributed by atoms with E-state index >= 15 is 0 Å². The third-order valence-electron chi connectivity index (χ3n) is 3.50. The van der Waals surface area contributed by atoms with Crippen LogP contribution in [0.3, 0.4) is 0 Å². The molecule has 3 rings (SSSR count). The summed E-state index contributed by atoms with van der Waals surface area (Å²) in [4.78, 5) is 26.5. The largest absolute Gasteiger partial charge is 0.465 e. The summed E-state index contributed by atoms with van der Waals surface area (Å²) < 4.78 is 5.25. The van der Waals surface area contributed by atoms with Crippen molar-refractivity contribution in [2.24, 2.45) is 5.10 Å². The highest BCUT2D eigenvalue weighted by Gasteiger charge is 2.33. The van der Waals surface area contributed by atoms with E-state index in [9.17, 15) is 9.59 Å². The Labute approximate surface area is 155 Å². The monoisotopic (exact) mass is 367 g/mol. The molecule has 1 saturated heterocycles. The maximum absolute atomic E-state index is 12.5. The van der Waals surface area contributed by atoms with Crippen molar-refractivity contribution in [1.29, 1.82) is 0 Å². The number of hydrogen-bond donors (Lipinski definition) is 1. The van der Waals surface area contributed by atoms with Crippen molar-refractivity contribution in [2.45, 2.75) is 6.42 Å². The lowest BCUT2D eigenvalue weighted by molar-refractivity contribution is -0.122. The van der Waals surface area contributed by atoms with Crippen molar-refractivity contribution in [3.8, 4) is 0 Å². The zero-order valence-corrected chi connectivity index (χ0v) is 14.7. The van der Waals surface area contributed by atoms with Crippen LogP contribution < -0.4 is 5.43 Å². The number of benzene rings is 1. The van der Waals surface area contributed by atoms with Crippen molar-refractivity contribution >= 4 is 34.8 Å². The minimum absolute atomic E-state index is 0.206. The van der Waals surface area contributed by atoms with Gasteiger partial charge in [-0.3, -0.25) is 14.5 Å². The number of amidine groups is 1. The van der Waals surface area contributed by atoms with Gasteiger partial charge in [0.15, 0.2) is 5.17 Å². The highest BCUT2D eigenvalue weighted by molar-refractivity contribution is 8.18. The van der Waals surface area contributed by atoms with E-state index < -0.39 is 0 Å². The van der Waals surface area contributed by atoms with E-state index in [2.05, 4.69) is 17.1 Å². The lowest BCUT2D eigenvalue weighted by Gasteiger charge is -2.12. The van der Waals surface area contributed by atoms with Gasteiger partial charge in [-0.15, -0.1) is 11.7 Å². The summed E-state index contributed by atoms with van der Waals surface area (Å²) in [7, 11) is 0. The minimum atomic E-state index is -0.251. The molecule has 0 unspecified atom stereocenters. The minimum Gasteiger partial charge on any atom is -0.465 e. The number of rotatable bonds is 6. The molecule has 1 aromatic heterocycles. The van der Waals surface area contributed by atoms with E-state index in [4.69, 9.17) is 4.42 Å². The summed E-state index contributed by atoms with van der Waals surface area (Å²) in [6.07, 6.45) is 5.01. The number of nitrogens with one attached hydrogen (secondary N) is 1. The average Bonchev–Trinajstić information content (AvgIpc) is 3.25. The molecule has 1 N–H and O–H groups in total. The van der Waals surface area contributed by atoms with Gasteiger partial charge in [-0.25, -0.2) is 5.43 Å². The maximum Gasteiger partial charge on any atom is 0.267 e. The Bertz CT molecular complexity index is 857. The van der Waals surface area contributed by atoms with Crippen LogP contribution in [0.15, 0.2) is 75.8 Å². The number of amides is 2. The van der Waals surface area contributed by atoms with Gasteiger partial charge in [0, 0.05) is 12.6 Å². The fourth-order valence-corrected chi connectivity index (χ4v) is 3.24. The first kappa shape index (κ1) is 17.8. The zero-order chi connectivity index (χ0) is 18.4. The van der Waals surface area contributed by atoms with Gasteiger partial charge in [0.1, 0.15) is 5.76 Å². The van der Waals surface area contributed by atoms with Gasteiger partial charge < -0.3 is 4.42 Å². The van der Waals surface area contributed by atoms with Gasteiger partial charge in [0.05, 0.1) is 17.6 Å². The summed E-state index contributed by atoms with van der Waals surface area (Å²) in [5.74, 6) is 0.120. The summed E-state index contributed by atoms with van der Waals surface area (Å²) in [5, 5.41) is 4.51. The number of hydrazone groups is 1. The molecule has 0 spiro atoms. The third kappa shape index (κ3) is 4.31. The number of nitrogens with zero attached hydrogens (tertiary/aromatic N) is 2. The number of hydrogen-bond acceptors (Lipinski definition) is 5. The third-order valence-corrected chi connectivity index (χ3v) is 4.51. The highest BCUT2D eigenvalue weighted by atomic mass is 32.2. The molecule has 6 nitrogen and oxygen atoms in total. The fourth-order valence-electron chi connectivity index (χ4n) is 2.32. The zero-order valence-electron chi connectivity index (χ0n) is 13.9. The topological polar surface area (TPSA) is 74.9 Å². The number of furan rings is 1. The standard InChI is InChI=1S/C19H17N3O3S/c1-2-10-22-18(24)16(13-15-9-6-11-25-15)26-19(22)21-20-17(23)12-14-7-4-3-5-8-14/h2-9,11,13H,1,10,12H2,(H,20,23). The second-order valence-electron chi connectivity index (χ2n) is 5.42. The molecular weight excluding hydrogens is 350 g/mol. The molecule has 0 atom stereocenters. The molecule has 7 heteroatoms. The number of carbonyl (C=O) groups excluding carboxylic acids is 2. The molecule has 2 amide bonds. The molecule has 0 radical (unpaired) electrons. The smallest absolute Gasteiger partial charge is 0.267 e. The molecule has 0 aliphatic carbocycles. The van der Waals surface area contributed by atoms with Crippen LogP contribution in [0.25, 0.3) is 6.08 Å². The van der Waals surface area contributed by atoms with Gasteiger partial charge in [-0.2, -0.15) is 0 Å². The molecule has 1 aromatic carbocycles. The first-order chi connectivity index (χ1) is 12.7. The average molecular weight is 367 g/mol. The van der Waals surface area contributed by atoms with E-state index in [0.717, 1.165) is 5.56 Å². The predicted octanol–water partition coefficient (Wildman–Crippen LogP) is 3.01. The van der Waals surface area contributed by atoms with Crippen LogP contribution in [0, 0.1) is 0 Å². The van der Waals surface area contributed by atoms with Crippen LogP contribution in [0.1, 0.15) is 11.3 Å². The van der Waals surface area contributed by atoms with Gasteiger partial charge in [0.25, 0.3) is 5.91 Å². The van der Waals surface area contributed by atoms with Crippen molar-refractivity contribution in [2.75, 3.05) is 6.54 Å². The van der Waals surface area contributed by atoms with E-state index in [1.54, 1.807) is 24.3 Å². The predicted molar refractivity (Wildman–Crippen MR) is 102 cm³/mol. The SMILES string of the molecule is C=CCN1C(=O)C(=Cc2ccco2)SC1=NNC(=O)Cc1ccccc1. The Morgan fingerprint density at radius 1 is 1.27 bits per heavy atom. The lowest BCUT2D eigenvalue weighted by atomic mass is 10.1. The quantitative estimate of drug-likeness (QED) is 0.484. The lowest BCUT2D eigenvalue weighted by Crippen LogP contribution is -2.31. The first-order valence-electron chi connectivity index (χ1n) is 7.93. The Balaban J connectivity index is 1.72.